The van der Waals surface area contributed by atoms with Crippen molar-refractivity contribution in [1.82, 2.24) is 0 Å². The molecule has 0 heterocycles. The van der Waals surface area contributed by atoms with E-state index in [0.717, 1.165) is 6.42 Å². The van der Waals surface area contributed by atoms with Crippen molar-refractivity contribution in [3.8, 4) is 11.8 Å². The molecule has 0 unspecified atom stereocenters. The summed E-state index contributed by atoms with van der Waals surface area (Å²) in [5.41, 5.74) is 2.18. The van der Waals surface area contributed by atoms with E-state index in [1.54, 1.807) is 19.4 Å². The zero-order valence-electron chi connectivity index (χ0n) is 18.7. The molecule has 3 heteroatoms. The third-order valence-corrected chi connectivity index (χ3v) is 7.62. The molecule has 3 nitrogen and oxygen atoms in total. The van der Waals surface area contributed by atoms with Gasteiger partial charge in [0.1, 0.15) is 5.60 Å². The zero-order valence-corrected chi connectivity index (χ0v) is 18.7. The summed E-state index contributed by atoms with van der Waals surface area (Å²) in [6, 6.07) is 0. The maximum Gasteiger partial charge on any atom is 0.119 e. The van der Waals surface area contributed by atoms with Crippen molar-refractivity contribution in [2.75, 3.05) is 0 Å². The first kappa shape index (κ1) is 22.6. The Kier molecular flexibility index (Phi) is 6.99. The van der Waals surface area contributed by atoms with Crippen molar-refractivity contribution in [2.45, 2.75) is 103 Å². The van der Waals surface area contributed by atoms with Crippen LogP contribution < -0.4 is 0 Å². The van der Waals surface area contributed by atoms with Crippen LogP contribution in [0.1, 0.15) is 85.5 Å². The van der Waals surface area contributed by atoms with Gasteiger partial charge in [0.2, 0.25) is 0 Å². The SMILES string of the molecule is C[C@H](CC#CC(C)(C)O)[C@H]1CC[C@H]2C(=CC=C3C[C@@H](O)C[C@H](O)C3)CCC[C@]12C. The molecule has 3 rings (SSSR count). The molecule has 3 N–H and O–H groups in total. The molecule has 0 bridgehead atoms. The lowest BCUT2D eigenvalue weighted by Crippen LogP contribution is -2.36. The summed E-state index contributed by atoms with van der Waals surface area (Å²) in [6.45, 7) is 8.31. The first-order valence-corrected chi connectivity index (χ1v) is 11.6. The van der Waals surface area contributed by atoms with Gasteiger partial charge in [0.05, 0.1) is 12.2 Å². The number of aliphatic hydroxyl groups is 3. The lowest BCUT2D eigenvalue weighted by Gasteiger charge is -2.44. The number of aliphatic hydroxyl groups excluding tert-OH is 2. The van der Waals surface area contributed by atoms with Gasteiger partial charge >= 0.3 is 0 Å². The monoisotopic (exact) mass is 400 g/mol. The Labute approximate surface area is 177 Å². The minimum absolute atomic E-state index is 0.337. The minimum Gasteiger partial charge on any atom is -0.393 e. The summed E-state index contributed by atoms with van der Waals surface area (Å²) in [5.74, 6) is 8.07. The molecule has 0 saturated heterocycles. The molecule has 0 amide bonds. The van der Waals surface area contributed by atoms with Gasteiger partial charge in [-0.05, 0) is 88.4 Å². The summed E-state index contributed by atoms with van der Waals surface area (Å²) in [4.78, 5) is 0. The Hall–Kier alpha value is -1.08. The van der Waals surface area contributed by atoms with Gasteiger partial charge in [0, 0.05) is 6.42 Å². The van der Waals surface area contributed by atoms with Crippen molar-refractivity contribution >= 4 is 0 Å². The number of rotatable bonds is 3. The highest BCUT2D eigenvalue weighted by Gasteiger charge is 2.50. The summed E-state index contributed by atoms with van der Waals surface area (Å²) < 4.78 is 0. The summed E-state index contributed by atoms with van der Waals surface area (Å²) >= 11 is 0. The Morgan fingerprint density at radius 3 is 2.52 bits per heavy atom. The van der Waals surface area contributed by atoms with Crippen LogP contribution in [-0.2, 0) is 0 Å². The van der Waals surface area contributed by atoms with E-state index < -0.39 is 17.8 Å². The minimum atomic E-state index is -0.906. The fourth-order valence-electron chi connectivity index (χ4n) is 6.32. The highest BCUT2D eigenvalue weighted by atomic mass is 16.3. The topological polar surface area (TPSA) is 60.7 Å². The van der Waals surface area contributed by atoms with Gasteiger partial charge in [0.15, 0.2) is 0 Å². The van der Waals surface area contributed by atoms with Crippen LogP contribution >= 0.6 is 0 Å². The van der Waals surface area contributed by atoms with Crippen LogP contribution in [-0.4, -0.2) is 33.1 Å². The second-order valence-corrected chi connectivity index (χ2v) is 10.7. The van der Waals surface area contributed by atoms with Crippen LogP contribution in [0.25, 0.3) is 0 Å². The number of hydrogen-bond acceptors (Lipinski definition) is 3. The molecule has 3 saturated carbocycles. The molecule has 162 valence electrons. The Morgan fingerprint density at radius 2 is 1.86 bits per heavy atom. The largest absolute Gasteiger partial charge is 0.393 e. The molecule has 0 radical (unpaired) electrons. The molecule has 3 aliphatic carbocycles. The highest BCUT2D eigenvalue weighted by Crippen LogP contribution is 2.59. The lowest BCUT2D eigenvalue weighted by atomic mass is 9.61. The van der Waals surface area contributed by atoms with Crippen molar-refractivity contribution in [1.29, 1.82) is 0 Å². The standard InChI is InChI=1S/C26H40O3/c1-18(7-5-13-25(2,3)29)23-11-12-24-20(8-6-14-26(23,24)4)10-9-19-15-21(27)17-22(28)16-19/h9-10,18,21-24,27-29H,6-8,11-12,14-17H2,1-4H3/t18-,21-,22-,23-,24+,26-/m1/s1. The van der Waals surface area contributed by atoms with Crippen LogP contribution in [0.2, 0.25) is 0 Å². The van der Waals surface area contributed by atoms with Crippen molar-refractivity contribution < 1.29 is 15.3 Å². The van der Waals surface area contributed by atoms with Crippen LogP contribution in [0.3, 0.4) is 0 Å². The van der Waals surface area contributed by atoms with E-state index in [9.17, 15) is 15.3 Å². The predicted molar refractivity (Wildman–Crippen MR) is 118 cm³/mol. The molecule has 6 atom stereocenters. The summed E-state index contributed by atoms with van der Waals surface area (Å²) in [7, 11) is 0. The first-order chi connectivity index (χ1) is 13.6. The van der Waals surface area contributed by atoms with Crippen LogP contribution in [0, 0.1) is 35.0 Å². The fourth-order valence-corrected chi connectivity index (χ4v) is 6.32. The normalized spacial score (nSPS) is 37.6. The van der Waals surface area contributed by atoms with E-state index >= 15 is 0 Å². The van der Waals surface area contributed by atoms with E-state index in [1.807, 2.05) is 0 Å². The first-order valence-electron chi connectivity index (χ1n) is 11.6. The predicted octanol–water partition coefficient (Wildman–Crippen LogP) is 4.76. The third-order valence-electron chi connectivity index (χ3n) is 7.62. The maximum absolute atomic E-state index is 9.95. The van der Waals surface area contributed by atoms with Gasteiger partial charge in [-0.2, -0.15) is 0 Å². The summed E-state index contributed by atoms with van der Waals surface area (Å²) in [5, 5.41) is 29.7. The third kappa shape index (κ3) is 5.54. The average molecular weight is 401 g/mol. The molecule has 3 fully saturated rings. The zero-order chi connectivity index (χ0) is 21.2. The molecule has 3 aliphatic rings. The van der Waals surface area contributed by atoms with Crippen LogP contribution in [0.15, 0.2) is 23.3 Å². The quantitative estimate of drug-likeness (QED) is 0.599. The van der Waals surface area contributed by atoms with Crippen molar-refractivity contribution in [2.24, 2.45) is 23.2 Å². The van der Waals surface area contributed by atoms with E-state index in [0.29, 0.717) is 42.4 Å². The Bertz CT molecular complexity index is 690. The lowest BCUT2D eigenvalue weighted by molar-refractivity contribution is 0.0609. The number of allylic oxidation sites excluding steroid dienone is 3. The van der Waals surface area contributed by atoms with Gasteiger partial charge < -0.3 is 15.3 Å². The second-order valence-electron chi connectivity index (χ2n) is 10.7. The van der Waals surface area contributed by atoms with Gasteiger partial charge in [-0.3, -0.25) is 0 Å². The maximum atomic E-state index is 9.95. The second kappa shape index (κ2) is 8.96. The molecule has 0 aliphatic heterocycles. The van der Waals surface area contributed by atoms with Crippen molar-refractivity contribution in [3.63, 3.8) is 0 Å². The number of fused-ring (bicyclic) bond motifs is 1. The molecule has 0 spiro atoms. The van der Waals surface area contributed by atoms with Crippen LogP contribution in [0.4, 0.5) is 0 Å². The van der Waals surface area contributed by atoms with Crippen molar-refractivity contribution in [3.05, 3.63) is 23.3 Å². The van der Waals surface area contributed by atoms with E-state index in [4.69, 9.17) is 0 Å². The number of hydrogen-bond donors (Lipinski definition) is 3. The Morgan fingerprint density at radius 1 is 1.17 bits per heavy atom. The molecule has 0 aromatic rings. The molecule has 29 heavy (non-hydrogen) atoms. The van der Waals surface area contributed by atoms with E-state index in [2.05, 4.69) is 37.8 Å². The van der Waals surface area contributed by atoms with Gasteiger partial charge in [0.25, 0.3) is 0 Å². The molecule has 0 aromatic heterocycles. The molecular weight excluding hydrogens is 360 g/mol. The smallest absolute Gasteiger partial charge is 0.119 e. The highest BCUT2D eigenvalue weighted by molar-refractivity contribution is 5.26. The van der Waals surface area contributed by atoms with Gasteiger partial charge in [-0.25, -0.2) is 0 Å². The van der Waals surface area contributed by atoms with E-state index in [1.165, 1.54) is 37.7 Å². The van der Waals surface area contributed by atoms with Gasteiger partial charge in [-0.15, -0.1) is 5.92 Å². The Balaban J connectivity index is 1.71. The van der Waals surface area contributed by atoms with E-state index in [-0.39, 0.29) is 0 Å². The van der Waals surface area contributed by atoms with Crippen LogP contribution in [0.5, 0.6) is 0 Å². The van der Waals surface area contributed by atoms with Gasteiger partial charge in [-0.1, -0.05) is 43.1 Å². The summed E-state index contributed by atoms with van der Waals surface area (Å²) in [6.07, 6.45) is 12.7. The molecular formula is C26H40O3. The fraction of sp³-hybridized carbons (Fsp3) is 0.769. The molecule has 0 aromatic carbocycles. The average Bonchev–Trinajstić information content (AvgIpc) is 2.95.